The Balaban J connectivity index is 2.21. The largest absolute Gasteiger partial charge is 0.334 e. The summed E-state index contributed by atoms with van der Waals surface area (Å²) >= 11 is 1.86. The fraction of sp³-hybridized carbons (Fsp3) is 0.455. The van der Waals surface area contributed by atoms with Crippen molar-refractivity contribution in [3.63, 3.8) is 0 Å². The first-order valence-electron chi connectivity index (χ1n) is 5.26. The molecule has 1 N–H and O–H groups in total. The lowest BCUT2D eigenvalue weighted by Gasteiger charge is -2.33. The van der Waals surface area contributed by atoms with Gasteiger partial charge in [-0.15, -0.1) is 0 Å². The zero-order valence-electron chi connectivity index (χ0n) is 9.10. The van der Waals surface area contributed by atoms with Crippen LogP contribution in [0.25, 0.3) is 0 Å². The number of rotatable bonds is 1. The summed E-state index contributed by atoms with van der Waals surface area (Å²) in [4.78, 5) is 27.6. The van der Waals surface area contributed by atoms with Gasteiger partial charge in [-0.1, -0.05) is 0 Å². The summed E-state index contributed by atoms with van der Waals surface area (Å²) in [6.07, 6.45) is 1.51. The van der Waals surface area contributed by atoms with Crippen molar-refractivity contribution in [2.75, 3.05) is 18.1 Å². The van der Waals surface area contributed by atoms with Gasteiger partial charge < -0.3 is 9.88 Å². The van der Waals surface area contributed by atoms with E-state index in [1.165, 1.54) is 12.3 Å². The molecule has 0 spiro atoms. The topological polar surface area (TPSA) is 53.2 Å². The highest BCUT2D eigenvalue weighted by Crippen LogP contribution is 2.17. The Bertz CT molecular complexity index is 444. The predicted molar refractivity (Wildman–Crippen MR) is 64.9 cm³/mol. The van der Waals surface area contributed by atoms with Gasteiger partial charge in [0.1, 0.15) is 0 Å². The van der Waals surface area contributed by atoms with Crippen molar-refractivity contribution in [1.82, 2.24) is 9.88 Å². The third-order valence-corrected chi connectivity index (χ3v) is 3.84. The van der Waals surface area contributed by atoms with E-state index in [4.69, 9.17) is 0 Å². The second-order valence-corrected chi connectivity index (χ2v) is 5.01. The third kappa shape index (κ3) is 2.29. The number of H-pyrrole nitrogens is 1. The normalized spacial score (nSPS) is 20.8. The van der Waals surface area contributed by atoms with Crippen molar-refractivity contribution in [3.8, 4) is 0 Å². The Morgan fingerprint density at radius 1 is 1.62 bits per heavy atom. The minimum atomic E-state index is -0.232. The molecule has 1 atom stereocenters. The van der Waals surface area contributed by atoms with Crippen LogP contribution < -0.4 is 5.56 Å². The first kappa shape index (κ1) is 11.3. The molecule has 1 unspecified atom stereocenters. The first-order chi connectivity index (χ1) is 7.68. The van der Waals surface area contributed by atoms with E-state index in [-0.39, 0.29) is 17.5 Å². The van der Waals surface area contributed by atoms with E-state index in [2.05, 4.69) is 4.98 Å². The van der Waals surface area contributed by atoms with Crippen LogP contribution in [0.3, 0.4) is 0 Å². The summed E-state index contributed by atoms with van der Waals surface area (Å²) in [6.45, 7) is 2.80. The maximum Gasteiger partial charge on any atom is 0.254 e. The van der Waals surface area contributed by atoms with E-state index in [9.17, 15) is 9.59 Å². The molecule has 0 radical (unpaired) electrons. The molecule has 1 aliphatic heterocycles. The molecule has 0 saturated carbocycles. The summed E-state index contributed by atoms with van der Waals surface area (Å²) in [5.74, 6) is 1.90. The van der Waals surface area contributed by atoms with Gasteiger partial charge in [0.15, 0.2) is 0 Å². The summed E-state index contributed by atoms with van der Waals surface area (Å²) in [7, 11) is 0. The Morgan fingerprint density at radius 3 is 3.12 bits per heavy atom. The standard InChI is InChI=1S/C11H14N2O2S/c1-8-7-16-5-4-13(8)11(15)9-2-3-12-10(14)6-9/h2-3,6,8H,4-5,7H2,1H3,(H,12,14). The molecule has 1 aromatic heterocycles. The second-order valence-electron chi connectivity index (χ2n) is 3.86. The van der Waals surface area contributed by atoms with E-state index in [1.54, 1.807) is 6.07 Å². The van der Waals surface area contributed by atoms with E-state index < -0.39 is 0 Å². The van der Waals surface area contributed by atoms with Crippen LogP contribution in [-0.2, 0) is 0 Å². The van der Waals surface area contributed by atoms with Crippen molar-refractivity contribution in [2.24, 2.45) is 0 Å². The monoisotopic (exact) mass is 238 g/mol. The fourth-order valence-electron chi connectivity index (χ4n) is 1.77. The Labute approximate surface area is 98.0 Å². The van der Waals surface area contributed by atoms with E-state index in [0.29, 0.717) is 5.56 Å². The summed E-state index contributed by atoms with van der Waals surface area (Å²) < 4.78 is 0. The molecule has 1 aliphatic rings. The molecule has 0 aromatic carbocycles. The SMILES string of the molecule is CC1CSCCN1C(=O)c1cc[nH]c(=O)c1. The van der Waals surface area contributed by atoms with Crippen LogP contribution in [0.15, 0.2) is 23.1 Å². The molecule has 0 bridgehead atoms. The number of nitrogens with zero attached hydrogens (tertiary/aromatic N) is 1. The zero-order chi connectivity index (χ0) is 11.5. The Morgan fingerprint density at radius 2 is 2.44 bits per heavy atom. The molecule has 2 heterocycles. The van der Waals surface area contributed by atoms with Crippen LogP contribution in [-0.4, -0.2) is 39.9 Å². The van der Waals surface area contributed by atoms with Gasteiger partial charge in [0.05, 0.1) is 0 Å². The van der Waals surface area contributed by atoms with Crippen LogP contribution >= 0.6 is 11.8 Å². The molecule has 1 aromatic rings. The van der Waals surface area contributed by atoms with E-state index >= 15 is 0 Å². The highest BCUT2D eigenvalue weighted by Gasteiger charge is 2.24. The maximum absolute atomic E-state index is 12.1. The van der Waals surface area contributed by atoms with Crippen molar-refractivity contribution in [3.05, 3.63) is 34.2 Å². The van der Waals surface area contributed by atoms with Gasteiger partial charge >= 0.3 is 0 Å². The third-order valence-electron chi connectivity index (χ3n) is 2.65. The lowest BCUT2D eigenvalue weighted by molar-refractivity contribution is 0.0716. The molecule has 86 valence electrons. The molecule has 2 rings (SSSR count). The van der Waals surface area contributed by atoms with Crippen LogP contribution in [0.5, 0.6) is 0 Å². The number of carbonyl (C=O) groups excluding carboxylic acids is 1. The summed E-state index contributed by atoms with van der Waals surface area (Å²) in [5, 5.41) is 0. The summed E-state index contributed by atoms with van der Waals surface area (Å²) in [6, 6.07) is 3.25. The number of pyridine rings is 1. The van der Waals surface area contributed by atoms with Crippen molar-refractivity contribution >= 4 is 17.7 Å². The molecule has 1 amide bonds. The zero-order valence-corrected chi connectivity index (χ0v) is 9.92. The number of aromatic amines is 1. The highest BCUT2D eigenvalue weighted by molar-refractivity contribution is 7.99. The van der Waals surface area contributed by atoms with Crippen LogP contribution in [0.2, 0.25) is 0 Å². The van der Waals surface area contributed by atoms with Gasteiger partial charge in [-0.2, -0.15) is 11.8 Å². The molecular weight excluding hydrogens is 224 g/mol. The quantitative estimate of drug-likeness (QED) is 0.792. The van der Waals surface area contributed by atoms with E-state index in [0.717, 1.165) is 18.1 Å². The number of hydrogen-bond donors (Lipinski definition) is 1. The molecular formula is C11H14N2O2S. The van der Waals surface area contributed by atoms with Gasteiger partial charge in [-0.25, -0.2) is 0 Å². The molecule has 1 fully saturated rings. The lowest BCUT2D eigenvalue weighted by atomic mass is 10.2. The van der Waals surface area contributed by atoms with Crippen molar-refractivity contribution in [2.45, 2.75) is 13.0 Å². The van der Waals surface area contributed by atoms with Crippen LogP contribution in [0, 0.1) is 0 Å². The Kier molecular flexibility index (Phi) is 3.33. The van der Waals surface area contributed by atoms with Gasteiger partial charge in [0.2, 0.25) is 5.56 Å². The van der Waals surface area contributed by atoms with Gasteiger partial charge in [0, 0.05) is 41.9 Å². The fourth-order valence-corrected chi connectivity index (χ4v) is 2.79. The van der Waals surface area contributed by atoms with Gasteiger partial charge in [-0.3, -0.25) is 9.59 Å². The molecule has 0 aliphatic carbocycles. The molecule has 16 heavy (non-hydrogen) atoms. The first-order valence-corrected chi connectivity index (χ1v) is 6.41. The number of carbonyl (C=O) groups is 1. The minimum Gasteiger partial charge on any atom is -0.334 e. The van der Waals surface area contributed by atoms with Crippen LogP contribution in [0.1, 0.15) is 17.3 Å². The molecule has 1 saturated heterocycles. The smallest absolute Gasteiger partial charge is 0.254 e. The number of aromatic nitrogens is 1. The predicted octanol–water partition coefficient (Wildman–Crippen LogP) is 0.952. The lowest BCUT2D eigenvalue weighted by Crippen LogP contribution is -2.44. The molecule has 4 nitrogen and oxygen atoms in total. The highest BCUT2D eigenvalue weighted by atomic mass is 32.2. The van der Waals surface area contributed by atoms with Gasteiger partial charge in [0.25, 0.3) is 5.91 Å². The van der Waals surface area contributed by atoms with Crippen molar-refractivity contribution < 1.29 is 4.79 Å². The molecule has 5 heteroatoms. The van der Waals surface area contributed by atoms with E-state index in [1.807, 2.05) is 23.6 Å². The minimum absolute atomic E-state index is 0.0427. The Hall–Kier alpha value is -1.23. The van der Waals surface area contributed by atoms with Crippen LogP contribution in [0.4, 0.5) is 0 Å². The average molecular weight is 238 g/mol. The number of nitrogens with one attached hydrogen (secondary N) is 1. The van der Waals surface area contributed by atoms with Gasteiger partial charge in [-0.05, 0) is 13.0 Å². The summed E-state index contributed by atoms with van der Waals surface area (Å²) in [5.41, 5.74) is 0.243. The van der Waals surface area contributed by atoms with Crippen molar-refractivity contribution in [1.29, 1.82) is 0 Å². The maximum atomic E-state index is 12.1. The number of thioether (sulfide) groups is 1. The average Bonchev–Trinajstić information content (AvgIpc) is 2.29. The number of hydrogen-bond acceptors (Lipinski definition) is 3. The number of amides is 1. The second kappa shape index (κ2) is 4.74.